The highest BCUT2D eigenvalue weighted by Gasteiger charge is 2.28. The zero-order valence-corrected chi connectivity index (χ0v) is 14.0. The van der Waals surface area contributed by atoms with Crippen LogP contribution in [-0.4, -0.2) is 24.9 Å². The summed E-state index contributed by atoms with van der Waals surface area (Å²) in [5.41, 5.74) is 0.881. The minimum absolute atomic E-state index is 0.555. The van der Waals surface area contributed by atoms with Crippen molar-refractivity contribution in [2.75, 3.05) is 0 Å². The standard InChI is InChI=1S/C15H14ClN5OS/c1-9-18-19-15(21(9)12-6-7-12)23-8-13-17-14(20-22-13)10-2-4-11(16)5-3-10/h2-5,12H,6-8H2,1H3. The van der Waals surface area contributed by atoms with Crippen molar-refractivity contribution in [1.82, 2.24) is 24.9 Å². The number of hydrogen-bond donors (Lipinski definition) is 0. The van der Waals surface area contributed by atoms with E-state index in [9.17, 15) is 0 Å². The molecule has 8 heteroatoms. The van der Waals surface area contributed by atoms with E-state index < -0.39 is 0 Å². The number of nitrogens with zero attached hydrogens (tertiary/aromatic N) is 5. The minimum atomic E-state index is 0.555. The van der Waals surface area contributed by atoms with Gasteiger partial charge >= 0.3 is 0 Å². The lowest BCUT2D eigenvalue weighted by molar-refractivity contribution is 0.391. The molecule has 0 radical (unpaired) electrons. The van der Waals surface area contributed by atoms with Gasteiger partial charge in [0.2, 0.25) is 11.7 Å². The predicted molar refractivity (Wildman–Crippen MR) is 87.3 cm³/mol. The number of aromatic nitrogens is 5. The van der Waals surface area contributed by atoms with Crippen molar-refractivity contribution in [3.63, 3.8) is 0 Å². The van der Waals surface area contributed by atoms with E-state index in [0.29, 0.717) is 28.5 Å². The first kappa shape index (κ1) is 14.7. The molecule has 6 nitrogen and oxygen atoms in total. The van der Waals surface area contributed by atoms with Crippen LogP contribution in [0.4, 0.5) is 0 Å². The smallest absolute Gasteiger partial charge is 0.237 e. The fraction of sp³-hybridized carbons (Fsp3) is 0.333. The quantitative estimate of drug-likeness (QED) is 0.651. The molecular formula is C15H14ClN5OS. The summed E-state index contributed by atoms with van der Waals surface area (Å²) in [6.45, 7) is 1.99. The summed E-state index contributed by atoms with van der Waals surface area (Å²) in [6.07, 6.45) is 2.40. The lowest BCUT2D eigenvalue weighted by Gasteiger charge is -2.04. The molecule has 1 aliphatic carbocycles. The van der Waals surface area contributed by atoms with Crippen LogP contribution in [0.25, 0.3) is 11.4 Å². The second kappa shape index (κ2) is 5.98. The largest absolute Gasteiger partial charge is 0.338 e. The Kier molecular flexibility index (Phi) is 3.82. The van der Waals surface area contributed by atoms with Crippen molar-refractivity contribution >= 4 is 23.4 Å². The highest BCUT2D eigenvalue weighted by molar-refractivity contribution is 7.98. The third-order valence-electron chi connectivity index (χ3n) is 3.64. The fourth-order valence-corrected chi connectivity index (χ4v) is 3.37. The molecule has 1 aliphatic rings. The average Bonchev–Trinajstić information content (AvgIpc) is 3.15. The van der Waals surface area contributed by atoms with Crippen molar-refractivity contribution in [3.05, 3.63) is 41.0 Å². The predicted octanol–water partition coefficient (Wildman–Crippen LogP) is 3.92. The van der Waals surface area contributed by atoms with Gasteiger partial charge in [-0.3, -0.25) is 0 Å². The van der Waals surface area contributed by atoms with Crippen molar-refractivity contribution in [1.29, 1.82) is 0 Å². The molecular weight excluding hydrogens is 334 g/mol. The Morgan fingerprint density at radius 2 is 2.04 bits per heavy atom. The summed E-state index contributed by atoms with van der Waals surface area (Å²) < 4.78 is 7.52. The molecule has 1 fully saturated rings. The first-order chi connectivity index (χ1) is 11.2. The fourth-order valence-electron chi connectivity index (χ4n) is 2.36. The normalized spacial score (nSPS) is 14.3. The zero-order chi connectivity index (χ0) is 15.8. The lowest BCUT2D eigenvalue weighted by Crippen LogP contribution is -1.99. The first-order valence-corrected chi connectivity index (χ1v) is 8.70. The number of rotatable bonds is 5. The van der Waals surface area contributed by atoms with E-state index in [-0.39, 0.29) is 0 Å². The van der Waals surface area contributed by atoms with E-state index in [1.807, 2.05) is 31.2 Å². The van der Waals surface area contributed by atoms with Gasteiger partial charge in [0, 0.05) is 16.6 Å². The van der Waals surface area contributed by atoms with Gasteiger partial charge in [-0.15, -0.1) is 10.2 Å². The van der Waals surface area contributed by atoms with Crippen LogP contribution in [0.1, 0.15) is 30.6 Å². The minimum Gasteiger partial charge on any atom is -0.338 e. The van der Waals surface area contributed by atoms with Crippen LogP contribution in [0.15, 0.2) is 33.9 Å². The number of hydrogen-bond acceptors (Lipinski definition) is 6. The second-order valence-corrected chi connectivity index (χ2v) is 6.82. The van der Waals surface area contributed by atoms with E-state index in [2.05, 4.69) is 24.9 Å². The molecule has 0 unspecified atom stereocenters. The molecule has 0 bridgehead atoms. The Morgan fingerprint density at radius 3 is 2.78 bits per heavy atom. The molecule has 3 aromatic rings. The number of aryl methyl sites for hydroxylation is 1. The van der Waals surface area contributed by atoms with Crippen LogP contribution < -0.4 is 0 Å². The van der Waals surface area contributed by atoms with Gasteiger partial charge in [-0.2, -0.15) is 4.98 Å². The van der Waals surface area contributed by atoms with Gasteiger partial charge in [0.1, 0.15) is 5.82 Å². The van der Waals surface area contributed by atoms with Crippen LogP contribution in [0.2, 0.25) is 5.02 Å². The Labute approximate surface area is 142 Å². The molecule has 23 heavy (non-hydrogen) atoms. The maximum atomic E-state index is 5.89. The second-order valence-electron chi connectivity index (χ2n) is 5.44. The molecule has 0 atom stereocenters. The Morgan fingerprint density at radius 1 is 1.26 bits per heavy atom. The average molecular weight is 348 g/mol. The topological polar surface area (TPSA) is 69.6 Å². The molecule has 2 aromatic heterocycles. The molecule has 2 heterocycles. The number of benzene rings is 1. The highest BCUT2D eigenvalue weighted by Crippen LogP contribution is 2.39. The van der Waals surface area contributed by atoms with Gasteiger partial charge < -0.3 is 9.09 Å². The third-order valence-corrected chi connectivity index (χ3v) is 4.82. The summed E-state index contributed by atoms with van der Waals surface area (Å²) in [7, 11) is 0. The van der Waals surface area contributed by atoms with Crippen molar-refractivity contribution < 1.29 is 4.52 Å². The molecule has 118 valence electrons. The Balaban J connectivity index is 1.47. The molecule has 4 rings (SSSR count). The van der Waals surface area contributed by atoms with Gasteiger partial charge in [0.05, 0.1) is 5.75 Å². The molecule has 0 saturated heterocycles. The SMILES string of the molecule is Cc1nnc(SCc2nc(-c3ccc(Cl)cc3)no2)n1C1CC1. The van der Waals surface area contributed by atoms with Crippen LogP contribution in [0, 0.1) is 6.92 Å². The monoisotopic (exact) mass is 347 g/mol. The van der Waals surface area contributed by atoms with E-state index in [1.165, 1.54) is 12.8 Å². The lowest BCUT2D eigenvalue weighted by atomic mass is 10.2. The van der Waals surface area contributed by atoms with Gasteiger partial charge in [0.25, 0.3) is 0 Å². The summed E-state index contributed by atoms with van der Waals surface area (Å²) in [4.78, 5) is 4.42. The van der Waals surface area contributed by atoms with Gasteiger partial charge in [-0.05, 0) is 44.0 Å². The van der Waals surface area contributed by atoms with E-state index in [1.54, 1.807) is 11.8 Å². The molecule has 0 amide bonds. The summed E-state index contributed by atoms with van der Waals surface area (Å²) in [5.74, 6) is 2.67. The zero-order valence-electron chi connectivity index (χ0n) is 12.4. The van der Waals surface area contributed by atoms with Crippen molar-refractivity contribution in [2.24, 2.45) is 0 Å². The highest BCUT2D eigenvalue weighted by atomic mass is 35.5. The van der Waals surface area contributed by atoms with Crippen LogP contribution in [0.3, 0.4) is 0 Å². The van der Waals surface area contributed by atoms with E-state index in [4.69, 9.17) is 16.1 Å². The van der Waals surface area contributed by atoms with Gasteiger partial charge in [0.15, 0.2) is 5.16 Å². The Bertz CT molecular complexity index is 825. The van der Waals surface area contributed by atoms with Gasteiger partial charge in [-0.1, -0.05) is 28.5 Å². The molecule has 1 aromatic carbocycles. The first-order valence-electron chi connectivity index (χ1n) is 7.33. The van der Waals surface area contributed by atoms with E-state index >= 15 is 0 Å². The van der Waals surface area contributed by atoms with Crippen LogP contribution in [-0.2, 0) is 5.75 Å². The van der Waals surface area contributed by atoms with E-state index in [0.717, 1.165) is 16.5 Å². The summed E-state index contributed by atoms with van der Waals surface area (Å²) >= 11 is 7.46. The number of halogens is 1. The maximum absolute atomic E-state index is 5.89. The van der Waals surface area contributed by atoms with Crippen LogP contribution >= 0.6 is 23.4 Å². The van der Waals surface area contributed by atoms with Crippen molar-refractivity contribution in [2.45, 2.75) is 36.7 Å². The summed E-state index contributed by atoms with van der Waals surface area (Å²) in [6, 6.07) is 7.92. The third kappa shape index (κ3) is 3.11. The molecule has 0 N–H and O–H groups in total. The molecule has 0 spiro atoms. The van der Waals surface area contributed by atoms with Crippen molar-refractivity contribution in [3.8, 4) is 11.4 Å². The Hall–Kier alpha value is -1.86. The van der Waals surface area contributed by atoms with Gasteiger partial charge in [-0.25, -0.2) is 0 Å². The summed E-state index contributed by atoms with van der Waals surface area (Å²) in [5, 5.41) is 14.0. The molecule has 0 aliphatic heterocycles. The number of thioether (sulfide) groups is 1. The van der Waals surface area contributed by atoms with Crippen LogP contribution in [0.5, 0.6) is 0 Å². The maximum Gasteiger partial charge on any atom is 0.237 e. The molecule has 1 saturated carbocycles.